The quantitative estimate of drug-likeness (QED) is 0.0320. The Morgan fingerprint density at radius 3 is 0.791 bits per heavy atom. The molecule has 0 aromatic carbocycles. The minimum Gasteiger partial charge on any atom is -0.466 e. The van der Waals surface area contributed by atoms with Crippen molar-refractivity contribution in [3.63, 3.8) is 0 Å². The number of carbonyl (C=O) groups is 2. The molecule has 0 heterocycles. The number of carbonyl (C=O) groups excluding carboxylic acids is 2. The van der Waals surface area contributed by atoms with Gasteiger partial charge in [0.05, 0.1) is 25.4 Å². The molecule has 6 heteroatoms. The maximum Gasteiger partial charge on any atom is 0.305 e. The van der Waals surface area contributed by atoms with Crippen LogP contribution < -0.4 is 5.32 Å². The van der Waals surface area contributed by atoms with Gasteiger partial charge >= 0.3 is 5.97 Å². The van der Waals surface area contributed by atoms with Crippen LogP contribution in [-0.2, 0) is 14.3 Å². The topological polar surface area (TPSA) is 95.9 Å². The Bertz CT molecular complexity index is 1300. The van der Waals surface area contributed by atoms with Crippen molar-refractivity contribution >= 4 is 11.9 Å². The monoisotopic (exact) mass is 1210 g/mol. The summed E-state index contributed by atoms with van der Waals surface area (Å²) in [7, 11) is 0. The van der Waals surface area contributed by atoms with Crippen molar-refractivity contribution in [1.29, 1.82) is 0 Å². The first-order valence-electron chi connectivity index (χ1n) is 40.0. The van der Waals surface area contributed by atoms with Gasteiger partial charge in [0.1, 0.15) is 0 Å². The van der Waals surface area contributed by atoms with Crippen molar-refractivity contribution in [2.75, 3.05) is 13.2 Å². The Morgan fingerprint density at radius 2 is 0.535 bits per heavy atom. The lowest BCUT2D eigenvalue weighted by atomic mass is 10.0. The third kappa shape index (κ3) is 71.7. The van der Waals surface area contributed by atoms with Crippen molar-refractivity contribution in [2.24, 2.45) is 0 Å². The zero-order valence-electron chi connectivity index (χ0n) is 58.8. The molecule has 0 spiro atoms. The molecule has 0 aliphatic heterocycles. The van der Waals surface area contributed by atoms with Crippen LogP contribution in [0.5, 0.6) is 0 Å². The summed E-state index contributed by atoms with van der Waals surface area (Å²) < 4.78 is 5.51. The summed E-state index contributed by atoms with van der Waals surface area (Å²) in [6, 6.07) is -0.627. The SMILES string of the molecule is CCCCCCCCCCCCCCCCCCCCCCCCC/C=C/C(O)C(CO)NC(=O)CCCCCCCCCCCCCCCCCCCCCCCCCCCCCOC(=O)CCCCCCCCCCCCCCCCCCC. The molecule has 0 bridgehead atoms. The normalized spacial score (nSPS) is 12.5. The first kappa shape index (κ1) is 84.6. The average molecular weight is 1210 g/mol. The van der Waals surface area contributed by atoms with Crippen LogP contribution in [0.15, 0.2) is 12.2 Å². The van der Waals surface area contributed by atoms with Crippen LogP contribution in [0.1, 0.15) is 463 Å². The number of allylic oxidation sites excluding steroid dienone is 1. The summed E-state index contributed by atoms with van der Waals surface area (Å²) in [6.45, 7) is 4.97. The lowest BCUT2D eigenvalue weighted by Gasteiger charge is -2.20. The zero-order chi connectivity index (χ0) is 62.0. The van der Waals surface area contributed by atoms with Gasteiger partial charge in [0.15, 0.2) is 0 Å². The van der Waals surface area contributed by atoms with E-state index in [9.17, 15) is 19.8 Å². The van der Waals surface area contributed by atoms with Gasteiger partial charge in [0, 0.05) is 12.8 Å². The van der Waals surface area contributed by atoms with Gasteiger partial charge < -0.3 is 20.3 Å². The van der Waals surface area contributed by atoms with E-state index in [1.54, 1.807) is 6.08 Å². The Labute approximate surface area is 539 Å². The van der Waals surface area contributed by atoms with Crippen LogP contribution in [0, 0.1) is 0 Å². The Morgan fingerprint density at radius 1 is 0.314 bits per heavy atom. The van der Waals surface area contributed by atoms with Crippen molar-refractivity contribution in [3.8, 4) is 0 Å². The average Bonchev–Trinajstić information content (AvgIpc) is 3.57. The van der Waals surface area contributed by atoms with E-state index < -0.39 is 12.1 Å². The Balaban J connectivity index is 3.36. The summed E-state index contributed by atoms with van der Waals surface area (Å²) in [6.07, 6.45) is 96.2. The zero-order valence-corrected chi connectivity index (χ0v) is 58.8. The molecule has 2 unspecified atom stereocenters. The predicted octanol–water partition coefficient (Wildman–Crippen LogP) is 26.3. The Hall–Kier alpha value is -1.40. The molecule has 1 amide bonds. The molecule has 0 aliphatic carbocycles. The van der Waals surface area contributed by atoms with Gasteiger partial charge in [-0.1, -0.05) is 431 Å². The van der Waals surface area contributed by atoms with Crippen LogP contribution in [0.4, 0.5) is 0 Å². The van der Waals surface area contributed by atoms with Crippen molar-refractivity contribution < 1.29 is 24.5 Å². The number of hydrogen-bond acceptors (Lipinski definition) is 5. The van der Waals surface area contributed by atoms with E-state index in [-0.39, 0.29) is 18.5 Å². The fraction of sp³-hybridized carbons (Fsp3) is 0.950. The lowest BCUT2D eigenvalue weighted by Crippen LogP contribution is -2.45. The van der Waals surface area contributed by atoms with Crippen LogP contribution in [0.25, 0.3) is 0 Å². The van der Waals surface area contributed by atoms with Crippen molar-refractivity contribution in [2.45, 2.75) is 475 Å². The number of amides is 1. The fourth-order valence-corrected chi connectivity index (χ4v) is 13.0. The first-order chi connectivity index (χ1) is 42.5. The molecule has 86 heavy (non-hydrogen) atoms. The summed E-state index contributed by atoms with van der Waals surface area (Å²) >= 11 is 0. The van der Waals surface area contributed by atoms with Crippen molar-refractivity contribution in [1.82, 2.24) is 5.32 Å². The smallest absolute Gasteiger partial charge is 0.305 e. The number of unbranched alkanes of at least 4 members (excludes halogenated alkanes) is 65. The fourth-order valence-electron chi connectivity index (χ4n) is 13.0. The molecule has 512 valence electrons. The number of esters is 1. The molecule has 0 saturated heterocycles. The minimum absolute atomic E-state index is 0.0231. The van der Waals surface area contributed by atoms with Gasteiger partial charge in [-0.3, -0.25) is 9.59 Å². The van der Waals surface area contributed by atoms with E-state index >= 15 is 0 Å². The number of aliphatic hydroxyl groups is 2. The molecule has 0 aromatic heterocycles. The molecule has 0 fully saturated rings. The molecule has 3 N–H and O–H groups in total. The maximum atomic E-state index is 12.6. The van der Waals surface area contributed by atoms with Crippen LogP contribution >= 0.6 is 0 Å². The van der Waals surface area contributed by atoms with E-state index in [0.717, 1.165) is 38.5 Å². The lowest BCUT2D eigenvalue weighted by molar-refractivity contribution is -0.143. The Kier molecular flexibility index (Phi) is 74.8. The van der Waals surface area contributed by atoms with E-state index in [2.05, 4.69) is 19.2 Å². The van der Waals surface area contributed by atoms with E-state index in [4.69, 9.17) is 4.74 Å². The summed E-state index contributed by atoms with van der Waals surface area (Å²) in [5.74, 6) is -0.0361. The highest BCUT2D eigenvalue weighted by molar-refractivity contribution is 5.76. The number of ether oxygens (including phenoxy) is 1. The molecule has 0 saturated carbocycles. The molecular weight excluding hydrogens is 1050 g/mol. The van der Waals surface area contributed by atoms with Gasteiger partial charge in [0.25, 0.3) is 0 Å². The second-order valence-electron chi connectivity index (χ2n) is 27.8. The number of nitrogens with one attached hydrogen (secondary N) is 1. The van der Waals surface area contributed by atoms with Crippen LogP contribution in [-0.4, -0.2) is 47.4 Å². The van der Waals surface area contributed by atoms with Gasteiger partial charge in [0.2, 0.25) is 5.91 Å². The molecule has 0 radical (unpaired) electrons. The second-order valence-corrected chi connectivity index (χ2v) is 27.8. The highest BCUT2D eigenvalue weighted by atomic mass is 16.5. The largest absolute Gasteiger partial charge is 0.466 e. The third-order valence-electron chi connectivity index (χ3n) is 19.1. The van der Waals surface area contributed by atoms with Gasteiger partial charge in [-0.15, -0.1) is 0 Å². The van der Waals surface area contributed by atoms with Crippen LogP contribution in [0.3, 0.4) is 0 Å². The van der Waals surface area contributed by atoms with Gasteiger partial charge in [-0.25, -0.2) is 0 Å². The molecular formula is C80H157NO5. The van der Waals surface area contributed by atoms with E-state index in [1.807, 2.05) is 6.08 Å². The predicted molar refractivity (Wildman–Crippen MR) is 380 cm³/mol. The summed E-state index contributed by atoms with van der Waals surface area (Å²) in [5, 5.41) is 23.3. The molecule has 6 nitrogen and oxygen atoms in total. The summed E-state index contributed by atoms with van der Waals surface area (Å²) in [4.78, 5) is 24.7. The first-order valence-corrected chi connectivity index (χ1v) is 40.0. The highest BCUT2D eigenvalue weighted by Gasteiger charge is 2.18. The second kappa shape index (κ2) is 76.1. The van der Waals surface area contributed by atoms with Crippen LogP contribution in [0.2, 0.25) is 0 Å². The minimum atomic E-state index is -0.844. The van der Waals surface area contributed by atoms with Gasteiger partial charge in [-0.2, -0.15) is 0 Å². The standard InChI is InChI=1S/C80H157NO5/c1-3-5-7-9-11-13-15-17-19-21-22-23-24-28-31-34-37-41-44-48-52-56-60-64-68-72-78(83)77(76-82)81-79(84)73-69-65-61-57-53-49-45-42-38-35-32-29-26-25-27-30-33-36-39-43-47-51-55-59-63-67-71-75-86-80(85)74-70-66-62-58-54-50-46-40-20-18-16-14-12-10-8-6-4-2/h68,72,77-78,82-83H,3-67,69-71,73-76H2,1-2H3,(H,81,84)/b72-68+. The number of hydrogen-bond donors (Lipinski definition) is 3. The summed E-state index contributed by atoms with van der Waals surface area (Å²) in [5.41, 5.74) is 0. The molecule has 2 atom stereocenters. The molecule has 0 aliphatic rings. The number of rotatable bonds is 76. The van der Waals surface area contributed by atoms with E-state index in [1.165, 1.54) is 398 Å². The van der Waals surface area contributed by atoms with E-state index in [0.29, 0.717) is 19.4 Å². The third-order valence-corrected chi connectivity index (χ3v) is 19.1. The van der Waals surface area contributed by atoms with Gasteiger partial charge in [-0.05, 0) is 32.1 Å². The molecule has 0 aromatic rings. The maximum absolute atomic E-state index is 12.6. The highest BCUT2D eigenvalue weighted by Crippen LogP contribution is 2.20. The number of aliphatic hydroxyl groups excluding tert-OH is 2. The van der Waals surface area contributed by atoms with Crippen molar-refractivity contribution in [3.05, 3.63) is 12.2 Å². The molecule has 0 rings (SSSR count).